The Morgan fingerprint density at radius 1 is 1.06 bits per heavy atom. The monoisotopic (exact) mass is 474 g/mol. The number of benzene rings is 2. The van der Waals surface area contributed by atoms with Crippen molar-refractivity contribution >= 4 is 17.2 Å². The molecule has 0 radical (unpaired) electrons. The van der Waals surface area contributed by atoms with E-state index in [1.54, 1.807) is 11.3 Å². The molecule has 0 atom stereocenters. The van der Waals surface area contributed by atoms with Crippen molar-refractivity contribution in [3.8, 4) is 17.1 Å². The molecule has 1 amide bonds. The zero-order chi connectivity index (χ0) is 23.3. The summed E-state index contributed by atoms with van der Waals surface area (Å²) in [6.07, 6.45) is 0. The van der Waals surface area contributed by atoms with E-state index in [0.29, 0.717) is 49.3 Å². The first kappa shape index (κ1) is 22.3. The highest BCUT2D eigenvalue weighted by Crippen LogP contribution is 2.21. The van der Waals surface area contributed by atoms with Gasteiger partial charge >= 0.3 is 0 Å². The Hall–Kier alpha value is -3.49. The number of nitrogens with zero attached hydrogens (tertiary/aromatic N) is 4. The number of amides is 1. The molecule has 8 heteroatoms. The standard InChI is InChI=1S/C26H26N4O3S/c1-19-6-2-3-10-23(19)25-27-24(33-28-25)17-29-11-13-30(14-12-29)26(31)20-7-4-8-21(16-20)32-18-22-9-5-15-34-22/h2-10,15-16H,11-14,17-18H2,1H3. The SMILES string of the molecule is Cc1ccccc1-c1noc(CN2CCN(C(=O)c3cccc(OCc4cccs4)c3)CC2)n1. The van der Waals surface area contributed by atoms with Gasteiger partial charge in [-0.2, -0.15) is 4.98 Å². The summed E-state index contributed by atoms with van der Waals surface area (Å²) in [5, 5.41) is 6.17. The minimum atomic E-state index is 0.0286. The summed E-state index contributed by atoms with van der Waals surface area (Å²) in [5.74, 6) is 1.94. The highest BCUT2D eigenvalue weighted by molar-refractivity contribution is 7.09. The number of piperazine rings is 1. The molecule has 0 saturated carbocycles. The molecule has 0 unspecified atom stereocenters. The topological polar surface area (TPSA) is 71.7 Å². The van der Waals surface area contributed by atoms with Crippen molar-refractivity contribution in [1.29, 1.82) is 0 Å². The van der Waals surface area contributed by atoms with E-state index in [0.717, 1.165) is 29.1 Å². The number of thiophene rings is 1. The van der Waals surface area contributed by atoms with Crippen LogP contribution in [-0.4, -0.2) is 52.0 Å². The van der Waals surface area contributed by atoms with E-state index < -0.39 is 0 Å². The van der Waals surface area contributed by atoms with Crippen LogP contribution in [0.2, 0.25) is 0 Å². The Bertz CT molecular complexity index is 1250. The Balaban J connectivity index is 1.15. The normalized spacial score (nSPS) is 14.3. The molecule has 4 aromatic rings. The van der Waals surface area contributed by atoms with Gasteiger partial charge < -0.3 is 14.2 Å². The average molecular weight is 475 g/mol. The van der Waals surface area contributed by atoms with Gasteiger partial charge in [0.1, 0.15) is 12.4 Å². The largest absolute Gasteiger partial charge is 0.488 e. The molecule has 1 aliphatic rings. The lowest BCUT2D eigenvalue weighted by Gasteiger charge is -2.34. The van der Waals surface area contributed by atoms with E-state index in [4.69, 9.17) is 9.26 Å². The van der Waals surface area contributed by atoms with Gasteiger partial charge in [-0.1, -0.05) is 41.6 Å². The van der Waals surface area contributed by atoms with Crippen LogP contribution in [0.3, 0.4) is 0 Å². The first-order valence-corrected chi connectivity index (χ1v) is 12.2. The molecule has 1 fully saturated rings. The second-order valence-electron chi connectivity index (χ2n) is 8.29. The number of aryl methyl sites for hydroxylation is 1. The quantitative estimate of drug-likeness (QED) is 0.389. The third-order valence-electron chi connectivity index (χ3n) is 5.91. The first-order valence-electron chi connectivity index (χ1n) is 11.3. The Morgan fingerprint density at radius 3 is 2.71 bits per heavy atom. The lowest BCUT2D eigenvalue weighted by Crippen LogP contribution is -2.48. The molecule has 2 aromatic heterocycles. The number of rotatable bonds is 7. The van der Waals surface area contributed by atoms with Crippen molar-refractivity contribution in [3.63, 3.8) is 0 Å². The van der Waals surface area contributed by atoms with E-state index >= 15 is 0 Å². The summed E-state index contributed by atoms with van der Waals surface area (Å²) in [6.45, 7) is 5.93. The van der Waals surface area contributed by atoms with E-state index in [2.05, 4.69) is 15.0 Å². The molecule has 5 rings (SSSR count). The smallest absolute Gasteiger partial charge is 0.254 e. The zero-order valence-electron chi connectivity index (χ0n) is 19.0. The van der Waals surface area contributed by atoms with Crippen LogP contribution in [0.1, 0.15) is 26.7 Å². The minimum Gasteiger partial charge on any atom is -0.488 e. The Labute approximate surface area is 202 Å². The summed E-state index contributed by atoms with van der Waals surface area (Å²) in [5.41, 5.74) is 2.74. The molecule has 1 saturated heterocycles. The number of hydrogen-bond acceptors (Lipinski definition) is 7. The van der Waals surface area contributed by atoms with E-state index in [-0.39, 0.29) is 5.91 Å². The molecule has 0 aliphatic carbocycles. The molecule has 0 bridgehead atoms. The number of ether oxygens (including phenoxy) is 1. The van der Waals surface area contributed by atoms with Crippen molar-refractivity contribution in [1.82, 2.24) is 19.9 Å². The summed E-state index contributed by atoms with van der Waals surface area (Å²) < 4.78 is 11.3. The van der Waals surface area contributed by atoms with E-state index in [9.17, 15) is 4.79 Å². The van der Waals surface area contributed by atoms with Gasteiger partial charge in [0.25, 0.3) is 5.91 Å². The van der Waals surface area contributed by atoms with Gasteiger partial charge in [-0.15, -0.1) is 11.3 Å². The number of carbonyl (C=O) groups excluding carboxylic acids is 1. The summed E-state index contributed by atoms with van der Waals surface area (Å²) in [6, 6.07) is 19.5. The van der Waals surface area contributed by atoms with Gasteiger partial charge in [0.2, 0.25) is 11.7 Å². The van der Waals surface area contributed by atoms with Gasteiger partial charge in [-0.05, 0) is 42.1 Å². The maximum Gasteiger partial charge on any atom is 0.254 e. The van der Waals surface area contributed by atoms with Gasteiger partial charge in [-0.25, -0.2) is 0 Å². The van der Waals surface area contributed by atoms with Gasteiger partial charge in [0.15, 0.2) is 0 Å². The summed E-state index contributed by atoms with van der Waals surface area (Å²) >= 11 is 1.66. The van der Waals surface area contributed by atoms with Crippen molar-refractivity contribution in [2.45, 2.75) is 20.1 Å². The molecule has 34 heavy (non-hydrogen) atoms. The van der Waals surface area contributed by atoms with E-state index in [1.807, 2.05) is 77.9 Å². The molecular weight excluding hydrogens is 448 g/mol. The molecule has 0 spiro atoms. The van der Waals surface area contributed by atoms with Crippen LogP contribution in [-0.2, 0) is 13.2 Å². The highest BCUT2D eigenvalue weighted by atomic mass is 32.1. The van der Waals surface area contributed by atoms with Crippen molar-refractivity contribution < 1.29 is 14.1 Å². The first-order chi connectivity index (χ1) is 16.7. The predicted molar refractivity (Wildman–Crippen MR) is 131 cm³/mol. The van der Waals surface area contributed by atoms with Crippen LogP contribution in [0.25, 0.3) is 11.4 Å². The highest BCUT2D eigenvalue weighted by Gasteiger charge is 2.24. The van der Waals surface area contributed by atoms with Crippen molar-refractivity contribution in [2.24, 2.45) is 0 Å². The lowest BCUT2D eigenvalue weighted by atomic mass is 10.1. The molecule has 0 N–H and O–H groups in total. The third kappa shape index (κ3) is 5.18. The zero-order valence-corrected chi connectivity index (χ0v) is 19.8. The van der Waals surface area contributed by atoms with Crippen LogP contribution >= 0.6 is 11.3 Å². The third-order valence-corrected chi connectivity index (χ3v) is 6.76. The fourth-order valence-electron chi connectivity index (χ4n) is 4.00. The number of hydrogen-bond donors (Lipinski definition) is 0. The van der Waals surface area contributed by atoms with Crippen LogP contribution < -0.4 is 4.74 Å². The molecule has 3 heterocycles. The maximum absolute atomic E-state index is 13.1. The van der Waals surface area contributed by atoms with Gasteiger partial charge in [-0.3, -0.25) is 9.69 Å². The maximum atomic E-state index is 13.1. The second kappa shape index (κ2) is 10.2. The molecule has 2 aromatic carbocycles. The second-order valence-corrected chi connectivity index (χ2v) is 9.32. The fourth-order valence-corrected chi connectivity index (χ4v) is 4.62. The Morgan fingerprint density at radius 2 is 1.91 bits per heavy atom. The molecular formula is C26H26N4O3S. The minimum absolute atomic E-state index is 0.0286. The van der Waals surface area contributed by atoms with Crippen molar-refractivity contribution in [3.05, 3.63) is 87.9 Å². The molecule has 1 aliphatic heterocycles. The Kier molecular flexibility index (Phi) is 6.69. The van der Waals surface area contributed by atoms with E-state index in [1.165, 1.54) is 0 Å². The summed E-state index contributed by atoms with van der Waals surface area (Å²) in [4.78, 5) is 22.9. The van der Waals surface area contributed by atoms with Crippen LogP contribution in [0.5, 0.6) is 5.75 Å². The van der Waals surface area contributed by atoms with Crippen molar-refractivity contribution in [2.75, 3.05) is 26.2 Å². The van der Waals surface area contributed by atoms with Gasteiger partial charge in [0, 0.05) is 42.2 Å². The van der Waals surface area contributed by atoms with Crippen LogP contribution in [0.4, 0.5) is 0 Å². The summed E-state index contributed by atoms with van der Waals surface area (Å²) in [7, 11) is 0. The number of aromatic nitrogens is 2. The van der Waals surface area contributed by atoms with Gasteiger partial charge in [0.05, 0.1) is 6.54 Å². The lowest BCUT2D eigenvalue weighted by molar-refractivity contribution is 0.0614. The predicted octanol–water partition coefficient (Wildman–Crippen LogP) is 4.64. The van der Waals surface area contributed by atoms with Crippen LogP contribution in [0, 0.1) is 6.92 Å². The van der Waals surface area contributed by atoms with Crippen LogP contribution in [0.15, 0.2) is 70.6 Å². The average Bonchev–Trinajstić information content (AvgIpc) is 3.56. The molecule has 174 valence electrons. The molecule has 7 nitrogen and oxygen atoms in total. The fraction of sp³-hybridized carbons (Fsp3) is 0.269. The number of carbonyl (C=O) groups is 1.